The average Bonchev–Trinajstić information content (AvgIpc) is 3.29. The largest absolute Gasteiger partial charge is 0.356 e. The number of rotatable bonds is 7. The van der Waals surface area contributed by atoms with Gasteiger partial charge in [-0.15, -0.1) is 0 Å². The minimum Gasteiger partial charge on any atom is -0.356 e. The van der Waals surface area contributed by atoms with Crippen LogP contribution in [0.25, 0.3) is 0 Å². The van der Waals surface area contributed by atoms with Crippen molar-refractivity contribution in [1.29, 1.82) is 0 Å². The molecule has 6 nitrogen and oxygen atoms in total. The summed E-state index contributed by atoms with van der Waals surface area (Å²) in [5.41, 5.74) is 1.48. The van der Waals surface area contributed by atoms with Gasteiger partial charge in [-0.1, -0.05) is 28.9 Å². The van der Waals surface area contributed by atoms with E-state index in [0.717, 1.165) is 36.9 Å². The lowest BCUT2D eigenvalue weighted by atomic mass is 9.96. The van der Waals surface area contributed by atoms with Crippen molar-refractivity contribution in [3.05, 3.63) is 46.6 Å². The highest BCUT2D eigenvalue weighted by Crippen LogP contribution is 2.48. The summed E-state index contributed by atoms with van der Waals surface area (Å²) >= 11 is 6.13. The van der Waals surface area contributed by atoms with Crippen molar-refractivity contribution < 1.29 is 4.52 Å². The molecule has 0 unspecified atom stereocenters. The van der Waals surface area contributed by atoms with E-state index in [1.165, 1.54) is 18.4 Å². The SMILES string of the molecule is CN=C(NCCCc1nc(C)no1)NCC1(c2cccc(Cl)c2)CC1. The molecule has 2 N–H and O–H groups in total. The van der Waals surface area contributed by atoms with Crippen LogP contribution in [0.3, 0.4) is 0 Å². The first kappa shape index (κ1) is 17.7. The number of guanidine groups is 1. The van der Waals surface area contributed by atoms with Crippen LogP contribution in [0.2, 0.25) is 5.02 Å². The van der Waals surface area contributed by atoms with Crippen molar-refractivity contribution in [3.8, 4) is 0 Å². The molecule has 1 heterocycles. The third-order valence-electron chi connectivity index (χ3n) is 4.54. The lowest BCUT2D eigenvalue weighted by Gasteiger charge is -2.19. The predicted molar refractivity (Wildman–Crippen MR) is 99.1 cm³/mol. The molecule has 0 radical (unpaired) electrons. The Bertz CT molecular complexity index is 739. The Hall–Kier alpha value is -2.08. The Morgan fingerprint density at radius 1 is 1.36 bits per heavy atom. The molecular formula is C18H24ClN5O. The second kappa shape index (κ2) is 7.87. The Balaban J connectivity index is 1.43. The van der Waals surface area contributed by atoms with Gasteiger partial charge in [-0.2, -0.15) is 4.98 Å². The minimum atomic E-state index is 0.184. The second-order valence-corrected chi connectivity index (χ2v) is 6.92. The smallest absolute Gasteiger partial charge is 0.226 e. The molecule has 0 spiro atoms. The Labute approximate surface area is 153 Å². The molecule has 7 heteroatoms. The van der Waals surface area contributed by atoms with Gasteiger partial charge in [-0.3, -0.25) is 4.99 Å². The summed E-state index contributed by atoms with van der Waals surface area (Å²) in [5, 5.41) is 11.4. The van der Waals surface area contributed by atoms with Crippen LogP contribution < -0.4 is 10.6 Å². The highest BCUT2D eigenvalue weighted by molar-refractivity contribution is 6.30. The molecule has 1 aromatic heterocycles. The summed E-state index contributed by atoms with van der Waals surface area (Å²) in [6, 6.07) is 8.16. The molecule has 1 saturated carbocycles. The summed E-state index contributed by atoms with van der Waals surface area (Å²) in [5.74, 6) is 2.17. The minimum absolute atomic E-state index is 0.184. The summed E-state index contributed by atoms with van der Waals surface area (Å²) in [6.45, 7) is 3.48. The van der Waals surface area contributed by atoms with Crippen LogP contribution in [0.1, 0.15) is 36.5 Å². The van der Waals surface area contributed by atoms with Crippen molar-refractivity contribution in [3.63, 3.8) is 0 Å². The number of aromatic nitrogens is 2. The van der Waals surface area contributed by atoms with E-state index in [9.17, 15) is 0 Å². The lowest BCUT2D eigenvalue weighted by molar-refractivity contribution is 0.372. The topological polar surface area (TPSA) is 75.3 Å². The molecule has 0 aliphatic heterocycles. The van der Waals surface area contributed by atoms with E-state index in [4.69, 9.17) is 16.1 Å². The van der Waals surface area contributed by atoms with Crippen LogP contribution in [0, 0.1) is 6.92 Å². The van der Waals surface area contributed by atoms with E-state index < -0.39 is 0 Å². The van der Waals surface area contributed by atoms with Crippen LogP contribution in [-0.2, 0) is 11.8 Å². The number of aliphatic imine (C=N–C) groups is 1. The zero-order chi connectivity index (χ0) is 17.7. The van der Waals surface area contributed by atoms with Crippen LogP contribution in [0.15, 0.2) is 33.8 Å². The second-order valence-electron chi connectivity index (χ2n) is 6.48. The Kier molecular flexibility index (Phi) is 5.58. The summed E-state index contributed by atoms with van der Waals surface area (Å²) in [4.78, 5) is 8.50. The quantitative estimate of drug-likeness (QED) is 0.450. The number of hydrogen-bond acceptors (Lipinski definition) is 4. The average molecular weight is 362 g/mol. The number of nitrogens with one attached hydrogen (secondary N) is 2. The first-order valence-corrected chi connectivity index (χ1v) is 8.99. The van der Waals surface area contributed by atoms with E-state index in [2.05, 4.69) is 37.9 Å². The van der Waals surface area contributed by atoms with Gasteiger partial charge in [0.05, 0.1) is 0 Å². The van der Waals surface area contributed by atoms with Crippen LogP contribution in [0.5, 0.6) is 0 Å². The summed E-state index contributed by atoms with van der Waals surface area (Å²) in [6.07, 6.45) is 4.01. The normalized spacial score (nSPS) is 15.9. The number of hydrogen-bond donors (Lipinski definition) is 2. The van der Waals surface area contributed by atoms with E-state index in [-0.39, 0.29) is 5.41 Å². The molecule has 25 heavy (non-hydrogen) atoms. The zero-order valence-corrected chi connectivity index (χ0v) is 15.4. The fourth-order valence-corrected chi connectivity index (χ4v) is 3.09. The van der Waals surface area contributed by atoms with E-state index in [1.807, 2.05) is 19.1 Å². The first-order chi connectivity index (χ1) is 12.1. The maximum absolute atomic E-state index is 6.13. The molecule has 0 bridgehead atoms. The third-order valence-corrected chi connectivity index (χ3v) is 4.77. The summed E-state index contributed by atoms with van der Waals surface area (Å²) in [7, 11) is 1.79. The zero-order valence-electron chi connectivity index (χ0n) is 14.7. The molecule has 0 atom stereocenters. The maximum Gasteiger partial charge on any atom is 0.226 e. The van der Waals surface area contributed by atoms with Gasteiger partial charge in [0, 0.05) is 37.0 Å². The van der Waals surface area contributed by atoms with Gasteiger partial charge in [0.1, 0.15) is 0 Å². The Morgan fingerprint density at radius 2 is 2.20 bits per heavy atom. The number of benzene rings is 1. The maximum atomic E-state index is 6.13. The van der Waals surface area contributed by atoms with E-state index in [1.54, 1.807) is 7.05 Å². The van der Waals surface area contributed by atoms with Gasteiger partial charge in [0.2, 0.25) is 5.89 Å². The molecular weight excluding hydrogens is 338 g/mol. The molecule has 134 valence electrons. The molecule has 3 rings (SSSR count). The van der Waals surface area contributed by atoms with Gasteiger partial charge in [0.25, 0.3) is 0 Å². The van der Waals surface area contributed by atoms with Crippen molar-refractivity contribution in [1.82, 2.24) is 20.8 Å². The standard InChI is InChI=1S/C18H24ClN5O/c1-13-23-16(25-24-13)7-4-10-21-17(20-2)22-12-18(8-9-18)14-5-3-6-15(19)11-14/h3,5-6,11H,4,7-10,12H2,1-2H3,(H2,20,21,22). The van der Waals surface area contributed by atoms with Gasteiger partial charge in [-0.05, 0) is 43.9 Å². The molecule has 0 saturated heterocycles. The van der Waals surface area contributed by atoms with Crippen LogP contribution in [0.4, 0.5) is 0 Å². The monoisotopic (exact) mass is 361 g/mol. The van der Waals surface area contributed by atoms with Crippen molar-refractivity contribution in [2.45, 2.75) is 38.0 Å². The Morgan fingerprint density at radius 3 is 2.84 bits per heavy atom. The van der Waals surface area contributed by atoms with Crippen molar-refractivity contribution in [2.75, 3.05) is 20.1 Å². The lowest BCUT2D eigenvalue weighted by Crippen LogP contribution is -2.41. The molecule has 1 aliphatic carbocycles. The predicted octanol–water partition coefficient (Wildman–Crippen LogP) is 2.86. The number of nitrogens with zero attached hydrogens (tertiary/aromatic N) is 3. The van der Waals surface area contributed by atoms with Crippen LogP contribution in [-0.4, -0.2) is 36.2 Å². The highest BCUT2D eigenvalue weighted by Gasteiger charge is 2.44. The fourth-order valence-electron chi connectivity index (χ4n) is 2.90. The number of aryl methyl sites for hydroxylation is 2. The molecule has 2 aromatic rings. The van der Waals surface area contributed by atoms with Crippen molar-refractivity contribution in [2.24, 2.45) is 4.99 Å². The van der Waals surface area contributed by atoms with Crippen LogP contribution >= 0.6 is 11.6 Å². The highest BCUT2D eigenvalue weighted by atomic mass is 35.5. The van der Waals surface area contributed by atoms with Gasteiger partial charge >= 0.3 is 0 Å². The molecule has 0 amide bonds. The molecule has 1 aromatic carbocycles. The third kappa shape index (κ3) is 4.72. The number of halogens is 1. The summed E-state index contributed by atoms with van der Waals surface area (Å²) < 4.78 is 5.11. The van der Waals surface area contributed by atoms with E-state index in [0.29, 0.717) is 11.7 Å². The fraction of sp³-hybridized carbons (Fsp3) is 0.500. The molecule has 1 aliphatic rings. The van der Waals surface area contributed by atoms with Gasteiger partial charge in [0.15, 0.2) is 11.8 Å². The van der Waals surface area contributed by atoms with Gasteiger partial charge < -0.3 is 15.2 Å². The van der Waals surface area contributed by atoms with E-state index >= 15 is 0 Å². The first-order valence-electron chi connectivity index (χ1n) is 8.61. The van der Waals surface area contributed by atoms with Gasteiger partial charge in [-0.25, -0.2) is 0 Å². The van der Waals surface area contributed by atoms with Crippen molar-refractivity contribution >= 4 is 17.6 Å². The molecule has 1 fully saturated rings.